The van der Waals surface area contributed by atoms with Gasteiger partial charge in [0.2, 0.25) is 11.7 Å². The van der Waals surface area contributed by atoms with Crippen LogP contribution < -0.4 is 0 Å². The number of carbonyl (C=O) groups excluding carboxylic acids is 2. The van der Waals surface area contributed by atoms with Gasteiger partial charge in [-0.15, -0.1) is 0 Å². The Morgan fingerprint density at radius 2 is 1.88 bits per heavy atom. The molecule has 1 aliphatic heterocycles. The summed E-state index contributed by atoms with van der Waals surface area (Å²) < 4.78 is 6.08. The van der Waals surface area contributed by atoms with Gasteiger partial charge in [0.05, 0.1) is 23.4 Å². The number of para-hydroxylation sites is 2. The molecule has 2 aromatic carbocycles. The van der Waals surface area contributed by atoms with E-state index in [-0.39, 0.29) is 29.5 Å². The van der Waals surface area contributed by atoms with E-state index in [1.165, 1.54) is 0 Å². The third kappa shape index (κ3) is 2.15. The number of benzene rings is 2. The second kappa shape index (κ2) is 5.59. The molecular weight excluding hydrogens is 320 g/mol. The molecule has 0 fully saturated rings. The van der Waals surface area contributed by atoms with Gasteiger partial charge in [-0.1, -0.05) is 30.3 Å². The molecule has 2 heterocycles. The van der Waals surface area contributed by atoms with Gasteiger partial charge in [0, 0.05) is 10.9 Å². The molecule has 0 saturated heterocycles. The van der Waals surface area contributed by atoms with Crippen molar-refractivity contribution in [2.24, 2.45) is 4.99 Å². The van der Waals surface area contributed by atoms with Gasteiger partial charge >= 0.3 is 6.09 Å². The number of aromatic nitrogens is 1. The number of rotatable bonds is 2. The number of ether oxygens (including phenoxy) is 1. The van der Waals surface area contributed by atoms with Gasteiger partial charge in [0.25, 0.3) is 0 Å². The molecule has 3 aromatic rings. The maximum absolute atomic E-state index is 12.7. The van der Waals surface area contributed by atoms with Gasteiger partial charge in [-0.25, -0.2) is 14.4 Å². The molecule has 1 N–H and O–H groups in total. The van der Waals surface area contributed by atoms with E-state index in [4.69, 9.17) is 4.74 Å². The third-order valence-electron chi connectivity index (χ3n) is 4.13. The molecule has 4 rings (SSSR count). The number of hydrogen-bond donors (Lipinski definition) is 1. The van der Waals surface area contributed by atoms with Crippen LogP contribution in [0.25, 0.3) is 10.9 Å². The Balaban J connectivity index is 1.97. The molecule has 0 spiro atoms. The van der Waals surface area contributed by atoms with Crippen molar-refractivity contribution in [2.75, 3.05) is 6.61 Å². The number of fused-ring (bicyclic) bond motifs is 2. The fraction of sp³-hybridized carbons (Fsp3) is 0.105. The average Bonchev–Trinajstić information content (AvgIpc) is 3.09. The van der Waals surface area contributed by atoms with E-state index in [1.54, 1.807) is 55.5 Å². The number of Topliss-reactive ketones (excluding diaryl/α,β-unsaturated/α-hetero) is 1. The minimum Gasteiger partial charge on any atom is -0.494 e. The summed E-state index contributed by atoms with van der Waals surface area (Å²) in [5.41, 5.74) is 1.85. The Kier molecular flexibility index (Phi) is 3.39. The van der Waals surface area contributed by atoms with E-state index in [0.717, 1.165) is 4.57 Å². The van der Waals surface area contributed by atoms with Gasteiger partial charge < -0.3 is 9.84 Å². The van der Waals surface area contributed by atoms with E-state index < -0.39 is 6.09 Å². The zero-order valence-corrected chi connectivity index (χ0v) is 13.4. The third-order valence-corrected chi connectivity index (χ3v) is 4.13. The highest BCUT2D eigenvalue weighted by Gasteiger charge is 2.32. The summed E-state index contributed by atoms with van der Waals surface area (Å²) in [6, 6.07) is 13.9. The quantitative estimate of drug-likeness (QED) is 0.775. The minimum absolute atomic E-state index is 0.123. The largest absolute Gasteiger partial charge is 0.494 e. The SMILES string of the molecule is CCOC(=O)n1c(O)c(C2=Nc3ccccc3C2=O)c2ccccc21. The topological polar surface area (TPSA) is 80.9 Å². The van der Waals surface area contributed by atoms with Crippen LogP contribution in [0.15, 0.2) is 53.5 Å². The number of ketones is 1. The molecular formula is C19H14N2O4. The molecule has 0 aliphatic carbocycles. The molecule has 0 amide bonds. The number of nitrogens with zero attached hydrogens (tertiary/aromatic N) is 2. The lowest BCUT2D eigenvalue weighted by molar-refractivity contribution is 0.106. The number of aliphatic imine (C=N–C) groups is 1. The summed E-state index contributed by atoms with van der Waals surface area (Å²) in [5.74, 6) is -0.628. The second-order valence-corrected chi connectivity index (χ2v) is 5.56. The predicted molar refractivity (Wildman–Crippen MR) is 93.0 cm³/mol. The molecule has 0 bridgehead atoms. The first-order chi connectivity index (χ1) is 12.1. The predicted octanol–water partition coefficient (Wildman–Crippen LogP) is 3.67. The van der Waals surface area contributed by atoms with E-state index in [0.29, 0.717) is 22.2 Å². The van der Waals surface area contributed by atoms with E-state index in [1.807, 2.05) is 0 Å². The van der Waals surface area contributed by atoms with E-state index in [9.17, 15) is 14.7 Å². The van der Waals surface area contributed by atoms with Crippen molar-refractivity contribution in [3.8, 4) is 5.88 Å². The normalized spacial score (nSPS) is 13.0. The number of hydrogen-bond acceptors (Lipinski definition) is 5. The van der Waals surface area contributed by atoms with Crippen molar-refractivity contribution in [3.63, 3.8) is 0 Å². The Morgan fingerprint density at radius 3 is 2.64 bits per heavy atom. The molecule has 0 saturated carbocycles. The maximum Gasteiger partial charge on any atom is 0.421 e. The summed E-state index contributed by atoms with van der Waals surface area (Å²) in [5, 5.41) is 11.3. The van der Waals surface area contributed by atoms with Crippen molar-refractivity contribution in [3.05, 3.63) is 59.7 Å². The van der Waals surface area contributed by atoms with Crippen LogP contribution in [-0.4, -0.2) is 33.9 Å². The second-order valence-electron chi connectivity index (χ2n) is 5.56. The van der Waals surface area contributed by atoms with Crippen molar-refractivity contribution in [1.82, 2.24) is 4.57 Å². The van der Waals surface area contributed by atoms with E-state index in [2.05, 4.69) is 4.99 Å². The summed E-state index contributed by atoms with van der Waals surface area (Å²) in [4.78, 5) is 29.4. The van der Waals surface area contributed by atoms with Crippen LogP contribution in [0.1, 0.15) is 22.8 Å². The van der Waals surface area contributed by atoms with Crippen molar-refractivity contribution in [2.45, 2.75) is 6.92 Å². The molecule has 0 atom stereocenters. The lowest BCUT2D eigenvalue weighted by Gasteiger charge is -2.05. The van der Waals surface area contributed by atoms with Gasteiger partial charge in [-0.2, -0.15) is 0 Å². The monoisotopic (exact) mass is 334 g/mol. The molecule has 6 nitrogen and oxygen atoms in total. The van der Waals surface area contributed by atoms with Gasteiger partial charge in [0.15, 0.2) is 0 Å². The first kappa shape index (κ1) is 15.1. The lowest BCUT2D eigenvalue weighted by Crippen LogP contribution is -2.14. The van der Waals surface area contributed by atoms with Crippen LogP contribution >= 0.6 is 0 Å². The smallest absolute Gasteiger partial charge is 0.421 e. The summed E-state index contributed by atoms with van der Waals surface area (Å²) in [6.45, 7) is 1.86. The number of carbonyl (C=O) groups is 2. The van der Waals surface area contributed by atoms with Crippen molar-refractivity contribution >= 4 is 34.2 Å². The Hall–Kier alpha value is -3.41. The van der Waals surface area contributed by atoms with Crippen LogP contribution in [0.3, 0.4) is 0 Å². The molecule has 0 unspecified atom stereocenters. The highest BCUT2D eigenvalue weighted by molar-refractivity contribution is 6.56. The molecule has 1 aromatic heterocycles. The summed E-state index contributed by atoms with van der Waals surface area (Å²) in [7, 11) is 0. The first-order valence-corrected chi connectivity index (χ1v) is 7.85. The molecule has 6 heteroatoms. The van der Waals surface area contributed by atoms with Crippen LogP contribution in [0.5, 0.6) is 5.88 Å². The maximum atomic E-state index is 12.7. The average molecular weight is 334 g/mol. The van der Waals surface area contributed by atoms with Crippen LogP contribution in [0.2, 0.25) is 0 Å². The van der Waals surface area contributed by atoms with Crippen LogP contribution in [-0.2, 0) is 4.74 Å². The zero-order chi connectivity index (χ0) is 17.6. The first-order valence-electron chi connectivity index (χ1n) is 7.85. The highest BCUT2D eigenvalue weighted by atomic mass is 16.5. The van der Waals surface area contributed by atoms with Crippen molar-refractivity contribution < 1.29 is 19.4 Å². The Labute approximate surface area is 143 Å². The lowest BCUT2D eigenvalue weighted by atomic mass is 10.0. The molecule has 25 heavy (non-hydrogen) atoms. The fourth-order valence-electron chi connectivity index (χ4n) is 3.06. The molecule has 124 valence electrons. The standard InChI is InChI=1S/C19H14N2O4/c1-2-25-19(24)21-14-10-6-4-8-12(14)15(18(21)23)16-17(22)11-7-3-5-9-13(11)20-16/h3-10,23H,2H2,1H3. The van der Waals surface area contributed by atoms with E-state index >= 15 is 0 Å². The highest BCUT2D eigenvalue weighted by Crippen LogP contribution is 2.37. The van der Waals surface area contributed by atoms with Crippen molar-refractivity contribution in [1.29, 1.82) is 0 Å². The zero-order valence-electron chi connectivity index (χ0n) is 13.4. The minimum atomic E-state index is -0.703. The van der Waals surface area contributed by atoms with Gasteiger partial charge in [0.1, 0.15) is 5.71 Å². The Bertz CT molecular complexity index is 1060. The molecule has 1 aliphatic rings. The van der Waals surface area contributed by atoms with Gasteiger partial charge in [-0.3, -0.25) is 4.79 Å². The number of aromatic hydroxyl groups is 1. The fourth-order valence-corrected chi connectivity index (χ4v) is 3.06. The van der Waals surface area contributed by atoms with Crippen LogP contribution in [0.4, 0.5) is 10.5 Å². The molecule has 0 radical (unpaired) electrons. The summed E-state index contributed by atoms with van der Waals surface area (Å²) in [6.07, 6.45) is -0.703. The van der Waals surface area contributed by atoms with Crippen LogP contribution in [0, 0.1) is 0 Å². The van der Waals surface area contributed by atoms with Gasteiger partial charge in [-0.05, 0) is 25.1 Å². The Morgan fingerprint density at radius 1 is 1.16 bits per heavy atom. The summed E-state index contributed by atoms with van der Waals surface area (Å²) >= 11 is 0.